The number of aliphatic hydroxyl groups excluding tert-OH is 1. The smallest absolute Gasteiger partial charge is 0.0949 e. The first kappa shape index (κ1) is 11.2. The summed E-state index contributed by atoms with van der Waals surface area (Å²) >= 11 is 0. The minimum absolute atomic E-state index is 0.0572. The first-order valence-electron chi connectivity index (χ1n) is 5.99. The topological polar surface area (TPSA) is 50.4 Å². The van der Waals surface area contributed by atoms with E-state index < -0.39 is 0 Å². The molecule has 0 amide bonds. The number of benzene rings is 1. The van der Waals surface area contributed by atoms with E-state index in [4.69, 9.17) is 0 Å². The third-order valence-corrected chi connectivity index (χ3v) is 3.34. The second-order valence-electron chi connectivity index (χ2n) is 4.59. The van der Waals surface area contributed by atoms with Gasteiger partial charge in [0.05, 0.1) is 29.6 Å². The Morgan fingerprint density at radius 1 is 1.33 bits per heavy atom. The molecule has 0 aliphatic carbocycles. The van der Waals surface area contributed by atoms with Crippen LogP contribution in [0.25, 0.3) is 10.9 Å². The van der Waals surface area contributed by atoms with Crippen molar-refractivity contribution in [2.75, 3.05) is 6.61 Å². The first-order valence-corrected chi connectivity index (χ1v) is 5.99. The zero-order valence-electron chi connectivity index (χ0n) is 10.5. The Morgan fingerprint density at radius 2 is 2.11 bits per heavy atom. The molecule has 0 radical (unpaired) electrons. The van der Waals surface area contributed by atoms with E-state index in [0.717, 1.165) is 27.9 Å². The average molecular weight is 241 g/mol. The summed E-state index contributed by atoms with van der Waals surface area (Å²) in [5.74, 6) is 0. The molecule has 4 heteroatoms. The second kappa shape index (κ2) is 4.07. The monoisotopic (exact) mass is 241 g/mol. The van der Waals surface area contributed by atoms with Crippen molar-refractivity contribution in [3.8, 4) is 0 Å². The maximum atomic E-state index is 9.26. The average Bonchev–Trinajstić information content (AvgIpc) is 2.88. The summed E-state index contributed by atoms with van der Waals surface area (Å²) in [6.45, 7) is 2.05. The highest BCUT2D eigenvalue weighted by molar-refractivity contribution is 6.16. The standard InChI is InChI=1S/C14H15N3O/c1-9-7-12(15-13(9)8-18)14-10-5-3-4-6-11(10)16-17(14)2/h3-7,13,18H,8H2,1-2H3. The van der Waals surface area contributed by atoms with Crippen LogP contribution in [-0.2, 0) is 7.05 Å². The van der Waals surface area contributed by atoms with Crippen LogP contribution < -0.4 is 0 Å². The van der Waals surface area contributed by atoms with E-state index in [-0.39, 0.29) is 12.6 Å². The van der Waals surface area contributed by atoms with Crippen LogP contribution in [0, 0.1) is 0 Å². The molecule has 3 rings (SSSR count). The predicted octanol–water partition coefficient (Wildman–Crippen LogP) is 1.68. The van der Waals surface area contributed by atoms with Crippen LogP contribution in [0.5, 0.6) is 0 Å². The van der Waals surface area contributed by atoms with E-state index in [2.05, 4.69) is 16.2 Å². The summed E-state index contributed by atoms with van der Waals surface area (Å²) in [7, 11) is 1.92. The first-order chi connectivity index (χ1) is 8.70. The number of hydrogen-bond acceptors (Lipinski definition) is 3. The molecule has 4 nitrogen and oxygen atoms in total. The lowest BCUT2D eigenvalue weighted by Crippen LogP contribution is -2.09. The maximum absolute atomic E-state index is 9.26. The summed E-state index contributed by atoms with van der Waals surface area (Å²) in [5, 5.41) is 14.8. The van der Waals surface area contributed by atoms with Gasteiger partial charge in [-0.2, -0.15) is 5.10 Å². The summed E-state index contributed by atoms with van der Waals surface area (Å²) in [4.78, 5) is 4.55. The number of allylic oxidation sites excluding steroid dienone is 1. The lowest BCUT2D eigenvalue weighted by molar-refractivity contribution is 0.281. The van der Waals surface area contributed by atoms with Gasteiger partial charge in [-0.15, -0.1) is 0 Å². The molecule has 2 heterocycles. The molecular formula is C14H15N3O. The minimum Gasteiger partial charge on any atom is -0.394 e. The van der Waals surface area contributed by atoms with E-state index >= 15 is 0 Å². The minimum atomic E-state index is -0.103. The molecule has 1 atom stereocenters. The zero-order valence-corrected chi connectivity index (χ0v) is 10.5. The molecule has 1 aromatic carbocycles. The van der Waals surface area contributed by atoms with Crippen molar-refractivity contribution in [3.05, 3.63) is 41.6 Å². The molecule has 1 aliphatic heterocycles. The Balaban J connectivity index is 2.19. The fourth-order valence-electron chi connectivity index (χ4n) is 2.38. The summed E-state index contributed by atoms with van der Waals surface area (Å²) in [6.07, 6.45) is 2.03. The number of aliphatic hydroxyl groups is 1. The number of rotatable bonds is 2. The highest BCUT2D eigenvalue weighted by Crippen LogP contribution is 2.23. The predicted molar refractivity (Wildman–Crippen MR) is 71.9 cm³/mol. The molecule has 1 unspecified atom stereocenters. The van der Waals surface area contributed by atoms with Crippen molar-refractivity contribution in [1.29, 1.82) is 0 Å². The van der Waals surface area contributed by atoms with Gasteiger partial charge in [-0.1, -0.05) is 18.2 Å². The van der Waals surface area contributed by atoms with E-state index in [9.17, 15) is 5.11 Å². The quantitative estimate of drug-likeness (QED) is 0.869. The lowest BCUT2D eigenvalue weighted by Gasteiger charge is -2.03. The SMILES string of the molecule is CC1=CC(c2c3ccccc3nn2C)=NC1CO. The molecule has 92 valence electrons. The van der Waals surface area contributed by atoms with Gasteiger partial charge in [0, 0.05) is 12.4 Å². The Bertz CT molecular complexity index is 667. The fourth-order valence-corrected chi connectivity index (χ4v) is 2.38. The van der Waals surface area contributed by atoms with Crippen molar-refractivity contribution in [2.24, 2.45) is 12.0 Å². The van der Waals surface area contributed by atoms with E-state index in [1.807, 2.05) is 42.9 Å². The molecule has 18 heavy (non-hydrogen) atoms. The lowest BCUT2D eigenvalue weighted by atomic mass is 10.1. The maximum Gasteiger partial charge on any atom is 0.0949 e. The Kier molecular flexibility index (Phi) is 2.52. The Morgan fingerprint density at radius 3 is 2.83 bits per heavy atom. The molecule has 0 saturated carbocycles. The molecule has 2 aromatic rings. The molecule has 0 spiro atoms. The zero-order chi connectivity index (χ0) is 12.7. The number of aliphatic imine (C=N–C) groups is 1. The number of aromatic nitrogens is 2. The van der Waals surface area contributed by atoms with E-state index in [1.54, 1.807) is 0 Å². The molecule has 0 saturated heterocycles. The van der Waals surface area contributed by atoms with Crippen molar-refractivity contribution >= 4 is 16.6 Å². The van der Waals surface area contributed by atoms with Crippen LogP contribution in [0.4, 0.5) is 0 Å². The number of fused-ring (bicyclic) bond motifs is 1. The number of aryl methyl sites for hydroxylation is 1. The Labute approximate surface area is 105 Å². The molecule has 0 fully saturated rings. The molecule has 1 aliphatic rings. The van der Waals surface area contributed by atoms with Crippen LogP contribution >= 0.6 is 0 Å². The number of nitrogens with zero attached hydrogens (tertiary/aromatic N) is 3. The fraction of sp³-hybridized carbons (Fsp3) is 0.286. The summed E-state index contributed by atoms with van der Waals surface area (Å²) in [6, 6.07) is 7.93. The highest BCUT2D eigenvalue weighted by Gasteiger charge is 2.21. The van der Waals surface area contributed by atoms with Gasteiger partial charge in [0.25, 0.3) is 0 Å². The van der Waals surface area contributed by atoms with Gasteiger partial charge in [-0.3, -0.25) is 9.67 Å². The van der Waals surface area contributed by atoms with Crippen molar-refractivity contribution in [3.63, 3.8) is 0 Å². The molecular weight excluding hydrogens is 226 g/mol. The molecule has 0 bridgehead atoms. The van der Waals surface area contributed by atoms with Gasteiger partial charge in [-0.25, -0.2) is 0 Å². The van der Waals surface area contributed by atoms with Crippen LogP contribution in [0.15, 0.2) is 40.9 Å². The van der Waals surface area contributed by atoms with Crippen LogP contribution in [0.3, 0.4) is 0 Å². The Hall–Kier alpha value is -1.94. The van der Waals surface area contributed by atoms with Crippen LogP contribution in [-0.4, -0.2) is 33.2 Å². The highest BCUT2D eigenvalue weighted by atomic mass is 16.3. The van der Waals surface area contributed by atoms with Crippen LogP contribution in [0.2, 0.25) is 0 Å². The van der Waals surface area contributed by atoms with Gasteiger partial charge in [0.15, 0.2) is 0 Å². The van der Waals surface area contributed by atoms with Crippen molar-refractivity contribution in [1.82, 2.24) is 9.78 Å². The van der Waals surface area contributed by atoms with Gasteiger partial charge in [-0.05, 0) is 24.6 Å². The van der Waals surface area contributed by atoms with Gasteiger partial charge < -0.3 is 5.11 Å². The largest absolute Gasteiger partial charge is 0.394 e. The summed E-state index contributed by atoms with van der Waals surface area (Å²) in [5.41, 5.74) is 3.98. The second-order valence-corrected chi connectivity index (χ2v) is 4.59. The van der Waals surface area contributed by atoms with Gasteiger partial charge >= 0.3 is 0 Å². The molecule has 1 aromatic heterocycles. The summed E-state index contributed by atoms with van der Waals surface area (Å²) < 4.78 is 1.85. The van der Waals surface area contributed by atoms with Crippen molar-refractivity contribution in [2.45, 2.75) is 13.0 Å². The third kappa shape index (κ3) is 1.57. The van der Waals surface area contributed by atoms with Gasteiger partial charge in [0.1, 0.15) is 0 Å². The third-order valence-electron chi connectivity index (χ3n) is 3.34. The van der Waals surface area contributed by atoms with E-state index in [1.165, 1.54) is 0 Å². The van der Waals surface area contributed by atoms with Gasteiger partial charge in [0.2, 0.25) is 0 Å². The normalized spacial score (nSPS) is 19.2. The number of hydrogen-bond donors (Lipinski definition) is 1. The van der Waals surface area contributed by atoms with E-state index in [0.29, 0.717) is 0 Å². The van der Waals surface area contributed by atoms with Crippen molar-refractivity contribution < 1.29 is 5.11 Å². The molecule has 1 N–H and O–H groups in total. The van der Waals surface area contributed by atoms with Crippen LogP contribution in [0.1, 0.15) is 12.6 Å².